The third-order valence-corrected chi connectivity index (χ3v) is 6.59. The zero-order valence-electron chi connectivity index (χ0n) is 17.1. The van der Waals surface area contributed by atoms with Crippen LogP contribution in [0.15, 0.2) is 119 Å². The predicted molar refractivity (Wildman–Crippen MR) is 142 cm³/mol. The lowest BCUT2D eigenvalue weighted by Crippen LogP contribution is -2.14. The molecule has 6 rings (SSSR count). The fourth-order valence-corrected chi connectivity index (χ4v) is 5.06. The Bertz CT molecular complexity index is 1370. The number of hydrogen-bond donors (Lipinski definition) is 1. The van der Waals surface area contributed by atoms with E-state index in [0.717, 1.165) is 28.0 Å². The number of nitrogens with one attached hydrogen (secondary N) is 1. The number of pyridine rings is 1. The molecule has 2 aliphatic rings. The molecule has 0 fully saturated rings. The van der Waals surface area contributed by atoms with Crippen molar-refractivity contribution >= 4 is 53.8 Å². The zero-order chi connectivity index (χ0) is 20.6. The van der Waals surface area contributed by atoms with Gasteiger partial charge in [0.25, 0.3) is 0 Å². The first-order valence-corrected chi connectivity index (χ1v) is 11.1. The number of halogens is 1. The first-order valence-electron chi connectivity index (χ1n) is 10.2. The number of anilines is 3. The molecular formula is C27H23BFN3S. The van der Waals surface area contributed by atoms with Crippen LogP contribution in [-0.2, 0) is 0 Å². The van der Waals surface area contributed by atoms with Gasteiger partial charge in [-0.15, -0.1) is 0 Å². The summed E-state index contributed by atoms with van der Waals surface area (Å²) in [4.78, 5) is 9.77. The van der Waals surface area contributed by atoms with Crippen LogP contribution in [0.3, 0.4) is 0 Å². The van der Waals surface area contributed by atoms with Crippen molar-refractivity contribution in [2.75, 3.05) is 4.90 Å². The second-order valence-electron chi connectivity index (χ2n) is 7.42. The fraction of sp³-hybridized carbons (Fsp3) is 0. The maximum absolute atomic E-state index is 4.89. The van der Waals surface area contributed by atoms with Crippen LogP contribution < -0.4 is 10.2 Å². The van der Waals surface area contributed by atoms with E-state index in [1.807, 2.05) is 42.3 Å². The van der Waals surface area contributed by atoms with Crippen LogP contribution in [0.5, 0.6) is 0 Å². The van der Waals surface area contributed by atoms with Crippen molar-refractivity contribution in [3.05, 3.63) is 115 Å². The molecule has 0 spiro atoms. The highest BCUT2D eigenvalue weighted by Crippen LogP contribution is 2.51. The van der Waals surface area contributed by atoms with Crippen molar-refractivity contribution in [1.82, 2.24) is 10.3 Å². The van der Waals surface area contributed by atoms with Crippen LogP contribution in [0.1, 0.15) is 5.69 Å². The smallest absolute Gasteiger partial charge is 0.0872 e. The number of benzene rings is 3. The minimum absolute atomic E-state index is 0. The Kier molecular flexibility index (Phi) is 6.38. The highest BCUT2D eigenvalue weighted by atomic mass is 32.2. The normalized spacial score (nSPS) is 13.6. The van der Waals surface area contributed by atoms with E-state index in [4.69, 9.17) is 4.98 Å². The molecule has 33 heavy (non-hydrogen) atoms. The average Bonchev–Trinajstić information content (AvgIpc) is 3.11. The molecule has 0 amide bonds. The number of allylic oxidation sites excluding steroid dienone is 4. The molecule has 4 aromatic rings. The summed E-state index contributed by atoms with van der Waals surface area (Å²) in [5.74, 6) is 0. The Balaban J connectivity index is 0.00000130. The number of fused-ring (bicyclic) bond motifs is 3. The molecule has 6 heteroatoms. The molecule has 0 bridgehead atoms. The van der Waals surface area contributed by atoms with Gasteiger partial charge in [-0.25, -0.2) is 4.98 Å². The molecule has 0 aliphatic carbocycles. The van der Waals surface area contributed by atoms with Gasteiger partial charge in [0.2, 0.25) is 0 Å². The number of nitrogens with zero attached hydrogens (tertiary/aromatic N) is 2. The molecule has 0 saturated carbocycles. The van der Waals surface area contributed by atoms with Gasteiger partial charge in [0.15, 0.2) is 0 Å². The quantitative estimate of drug-likeness (QED) is 0.326. The van der Waals surface area contributed by atoms with Gasteiger partial charge in [0.05, 0.1) is 36.7 Å². The number of para-hydroxylation sites is 2. The van der Waals surface area contributed by atoms with Gasteiger partial charge in [-0.1, -0.05) is 54.2 Å². The Morgan fingerprint density at radius 1 is 0.758 bits per heavy atom. The summed E-state index contributed by atoms with van der Waals surface area (Å²) >= 11 is 1.83. The van der Waals surface area contributed by atoms with Gasteiger partial charge < -0.3 is 10.2 Å². The molecular weight excluding hydrogens is 428 g/mol. The summed E-state index contributed by atoms with van der Waals surface area (Å²) in [5.41, 5.74) is 6.46. The number of rotatable bonds is 2. The largest absolute Gasteiger partial charge is 0.360 e. The summed E-state index contributed by atoms with van der Waals surface area (Å²) in [6, 6.07) is 27.9. The minimum Gasteiger partial charge on any atom is -0.360 e. The van der Waals surface area contributed by atoms with E-state index in [1.54, 1.807) is 0 Å². The van der Waals surface area contributed by atoms with Gasteiger partial charge in [0.1, 0.15) is 0 Å². The van der Waals surface area contributed by atoms with Gasteiger partial charge in [-0.05, 0) is 60.7 Å². The Labute approximate surface area is 198 Å². The third kappa shape index (κ3) is 4.05. The van der Waals surface area contributed by atoms with Crippen molar-refractivity contribution < 1.29 is 4.70 Å². The SMILES string of the molecule is B.C1=CC=C(c2ccc3cc(N4c5ccccc5Sc5ccccc54)ccc3n2)NC=C1.F. The van der Waals surface area contributed by atoms with E-state index in [9.17, 15) is 0 Å². The van der Waals surface area contributed by atoms with Crippen molar-refractivity contribution in [1.29, 1.82) is 0 Å². The lowest BCUT2D eigenvalue weighted by molar-refractivity contribution is 1.11. The first-order chi connectivity index (χ1) is 15.4. The standard InChI is InChI=1S/C27H19N3S.BH3.FH/c1-2-8-22(28-17-7-1)23-15-13-19-18-20(14-16-21(19)29-23)30-24-9-3-5-11-26(24)31-27-12-6-4-10-25(27)30;;/h1-18,28H;1H3;1H. The fourth-order valence-electron chi connectivity index (χ4n) is 4.00. The Morgan fingerprint density at radius 3 is 2.24 bits per heavy atom. The van der Waals surface area contributed by atoms with Gasteiger partial charge in [-0.2, -0.15) is 0 Å². The molecule has 3 aromatic carbocycles. The summed E-state index contributed by atoms with van der Waals surface area (Å²) in [5, 5.41) is 4.41. The van der Waals surface area contributed by atoms with E-state index < -0.39 is 0 Å². The number of hydrogen-bond acceptors (Lipinski definition) is 4. The highest BCUT2D eigenvalue weighted by Gasteiger charge is 2.24. The van der Waals surface area contributed by atoms with E-state index in [2.05, 4.69) is 89.1 Å². The van der Waals surface area contributed by atoms with Crippen molar-refractivity contribution in [3.8, 4) is 0 Å². The maximum Gasteiger partial charge on any atom is 0.0872 e. The van der Waals surface area contributed by atoms with Gasteiger partial charge in [0, 0.05) is 27.1 Å². The predicted octanol–water partition coefficient (Wildman–Crippen LogP) is 6.15. The molecule has 0 unspecified atom stereocenters. The lowest BCUT2D eigenvalue weighted by atomic mass is 10.1. The summed E-state index contributed by atoms with van der Waals surface area (Å²) in [6.07, 6.45) is 9.96. The van der Waals surface area contributed by atoms with Crippen molar-refractivity contribution in [2.24, 2.45) is 0 Å². The van der Waals surface area contributed by atoms with Crippen LogP contribution in [0, 0.1) is 0 Å². The Morgan fingerprint density at radius 2 is 1.48 bits per heavy atom. The summed E-state index contributed by atoms with van der Waals surface area (Å²) in [6.45, 7) is 0. The van der Waals surface area contributed by atoms with Crippen LogP contribution in [0.25, 0.3) is 16.6 Å². The highest BCUT2D eigenvalue weighted by molar-refractivity contribution is 7.99. The third-order valence-electron chi connectivity index (χ3n) is 5.46. The monoisotopic (exact) mass is 451 g/mol. The molecule has 162 valence electrons. The van der Waals surface area contributed by atoms with Crippen LogP contribution >= 0.6 is 11.8 Å². The van der Waals surface area contributed by atoms with E-state index in [-0.39, 0.29) is 13.1 Å². The van der Waals surface area contributed by atoms with E-state index in [1.165, 1.54) is 21.2 Å². The molecule has 3 heterocycles. The topological polar surface area (TPSA) is 28.2 Å². The number of aromatic nitrogens is 1. The second kappa shape index (κ2) is 9.39. The van der Waals surface area contributed by atoms with Crippen LogP contribution in [0.4, 0.5) is 21.8 Å². The molecule has 1 N–H and O–H groups in total. The molecule has 2 aliphatic heterocycles. The van der Waals surface area contributed by atoms with Crippen LogP contribution in [0.2, 0.25) is 0 Å². The molecule has 0 atom stereocenters. The summed E-state index contributed by atoms with van der Waals surface area (Å²) in [7, 11) is 0. The van der Waals surface area contributed by atoms with Gasteiger partial charge in [-0.3, -0.25) is 4.70 Å². The molecule has 0 saturated heterocycles. The Hall–Kier alpha value is -3.77. The molecule has 0 radical (unpaired) electrons. The van der Waals surface area contributed by atoms with Crippen LogP contribution in [-0.4, -0.2) is 13.4 Å². The van der Waals surface area contributed by atoms with Crippen molar-refractivity contribution in [3.63, 3.8) is 0 Å². The maximum atomic E-state index is 4.89. The van der Waals surface area contributed by atoms with Gasteiger partial charge >= 0.3 is 0 Å². The van der Waals surface area contributed by atoms with E-state index in [0.29, 0.717) is 0 Å². The second-order valence-corrected chi connectivity index (χ2v) is 8.50. The zero-order valence-corrected chi connectivity index (χ0v) is 17.9. The van der Waals surface area contributed by atoms with E-state index >= 15 is 0 Å². The lowest BCUT2D eigenvalue weighted by Gasteiger charge is -2.32. The first kappa shape index (κ1) is 22.4. The minimum atomic E-state index is 0. The molecule has 3 nitrogen and oxygen atoms in total. The van der Waals surface area contributed by atoms with Crippen molar-refractivity contribution in [2.45, 2.75) is 9.79 Å². The average molecular weight is 451 g/mol. The molecule has 1 aromatic heterocycles. The summed E-state index contributed by atoms with van der Waals surface area (Å²) < 4.78 is 0.